The molecule has 14 heavy (non-hydrogen) atoms. The van der Waals surface area contributed by atoms with Gasteiger partial charge in [0.15, 0.2) is 0 Å². The van der Waals surface area contributed by atoms with E-state index in [0.717, 1.165) is 13.0 Å². The summed E-state index contributed by atoms with van der Waals surface area (Å²) in [6.07, 6.45) is 0.852. The second-order valence-corrected chi connectivity index (χ2v) is 3.91. The first kappa shape index (κ1) is 13.4. The Morgan fingerprint density at radius 3 is 2.43 bits per heavy atom. The molecule has 1 unspecified atom stereocenters. The van der Waals surface area contributed by atoms with Crippen molar-refractivity contribution in [3.63, 3.8) is 0 Å². The quantitative estimate of drug-likeness (QED) is 0.653. The van der Waals surface area contributed by atoms with Crippen molar-refractivity contribution in [3.8, 4) is 0 Å². The number of methoxy groups -OCH3 is 2. The molecule has 0 rings (SSSR count). The molecule has 0 spiro atoms. The molecule has 0 aromatic carbocycles. The Labute approximate surface area is 86.0 Å². The normalized spacial score (nSPS) is 13.8. The van der Waals surface area contributed by atoms with Gasteiger partial charge in [-0.25, -0.2) is 0 Å². The molecule has 0 saturated heterocycles. The predicted octanol–water partition coefficient (Wildman–Crippen LogP) is 0.953. The minimum absolute atomic E-state index is 0.150. The number of hydrogen-bond donors (Lipinski definition) is 1. The second-order valence-electron chi connectivity index (χ2n) is 3.91. The van der Waals surface area contributed by atoms with Crippen molar-refractivity contribution in [2.24, 2.45) is 0 Å². The van der Waals surface area contributed by atoms with Crippen LogP contribution in [0, 0.1) is 0 Å². The molecule has 0 heterocycles. The number of hydrogen-bond acceptors (Lipinski definition) is 4. The fourth-order valence-electron chi connectivity index (χ4n) is 0.952. The first-order valence-electron chi connectivity index (χ1n) is 4.79. The molecule has 0 aliphatic carbocycles. The zero-order valence-corrected chi connectivity index (χ0v) is 9.72. The molecule has 0 amide bonds. The van der Waals surface area contributed by atoms with E-state index >= 15 is 0 Å². The summed E-state index contributed by atoms with van der Waals surface area (Å²) in [7, 11) is 3.07. The molecule has 0 aromatic heterocycles. The molecule has 0 aromatic rings. The van der Waals surface area contributed by atoms with E-state index in [1.54, 1.807) is 14.0 Å². The summed E-state index contributed by atoms with van der Waals surface area (Å²) < 4.78 is 9.84. The van der Waals surface area contributed by atoms with Crippen molar-refractivity contribution in [3.05, 3.63) is 0 Å². The van der Waals surface area contributed by atoms with E-state index in [0.29, 0.717) is 0 Å². The maximum atomic E-state index is 11.0. The summed E-state index contributed by atoms with van der Waals surface area (Å²) in [5, 5.41) is 3.07. The Kier molecular flexibility index (Phi) is 5.72. The van der Waals surface area contributed by atoms with Gasteiger partial charge in [0.2, 0.25) is 0 Å². The molecule has 1 atom stereocenters. The molecular formula is C10H21NO3. The SMILES string of the molecule is COC(=O)C(C)NCCC(C)(C)OC. The first-order chi connectivity index (χ1) is 6.43. The molecule has 4 nitrogen and oxygen atoms in total. The van der Waals surface area contributed by atoms with Crippen LogP contribution in [0.2, 0.25) is 0 Å². The molecule has 84 valence electrons. The van der Waals surface area contributed by atoms with Crippen molar-refractivity contribution in [2.45, 2.75) is 38.8 Å². The summed E-state index contributed by atoms with van der Waals surface area (Å²) in [5.41, 5.74) is -0.150. The summed E-state index contributed by atoms with van der Waals surface area (Å²) in [6.45, 7) is 6.54. The van der Waals surface area contributed by atoms with Crippen molar-refractivity contribution in [1.82, 2.24) is 5.32 Å². The number of carbonyl (C=O) groups excluding carboxylic acids is 1. The molecule has 0 saturated carbocycles. The molecule has 0 bridgehead atoms. The van der Waals surface area contributed by atoms with Gasteiger partial charge in [0.25, 0.3) is 0 Å². The summed E-state index contributed by atoms with van der Waals surface area (Å²) in [5.74, 6) is -0.236. The zero-order chi connectivity index (χ0) is 11.2. The number of rotatable bonds is 6. The molecular weight excluding hydrogens is 182 g/mol. The average molecular weight is 203 g/mol. The molecule has 0 radical (unpaired) electrons. The molecule has 4 heteroatoms. The number of carbonyl (C=O) groups is 1. The smallest absolute Gasteiger partial charge is 0.322 e. The Morgan fingerprint density at radius 2 is 2.00 bits per heavy atom. The van der Waals surface area contributed by atoms with E-state index in [9.17, 15) is 4.79 Å². The second kappa shape index (κ2) is 5.98. The average Bonchev–Trinajstić information content (AvgIpc) is 2.16. The summed E-state index contributed by atoms with van der Waals surface area (Å²) >= 11 is 0. The minimum atomic E-state index is -0.257. The van der Waals surface area contributed by atoms with Crippen LogP contribution in [0.15, 0.2) is 0 Å². The fourth-order valence-corrected chi connectivity index (χ4v) is 0.952. The van der Waals surface area contributed by atoms with Gasteiger partial charge in [-0.1, -0.05) is 0 Å². The van der Waals surface area contributed by atoms with Gasteiger partial charge in [-0.15, -0.1) is 0 Å². The van der Waals surface area contributed by atoms with Crippen molar-refractivity contribution in [2.75, 3.05) is 20.8 Å². The maximum Gasteiger partial charge on any atom is 0.322 e. The van der Waals surface area contributed by atoms with Crippen LogP contribution in [-0.2, 0) is 14.3 Å². The highest BCUT2D eigenvalue weighted by Crippen LogP contribution is 2.11. The molecule has 0 aliphatic rings. The number of nitrogens with one attached hydrogen (secondary N) is 1. The van der Waals surface area contributed by atoms with E-state index in [2.05, 4.69) is 10.1 Å². The zero-order valence-electron chi connectivity index (χ0n) is 9.72. The van der Waals surface area contributed by atoms with Crippen LogP contribution in [0.3, 0.4) is 0 Å². The number of esters is 1. The Morgan fingerprint density at radius 1 is 1.43 bits per heavy atom. The lowest BCUT2D eigenvalue weighted by molar-refractivity contribution is -0.142. The molecule has 1 N–H and O–H groups in total. The van der Waals surface area contributed by atoms with Crippen LogP contribution >= 0.6 is 0 Å². The van der Waals surface area contributed by atoms with Gasteiger partial charge < -0.3 is 14.8 Å². The van der Waals surface area contributed by atoms with E-state index in [-0.39, 0.29) is 17.6 Å². The maximum absolute atomic E-state index is 11.0. The van der Waals surface area contributed by atoms with Crippen molar-refractivity contribution < 1.29 is 14.3 Å². The minimum Gasteiger partial charge on any atom is -0.468 e. The van der Waals surface area contributed by atoms with Crippen LogP contribution in [0.1, 0.15) is 27.2 Å². The highest BCUT2D eigenvalue weighted by molar-refractivity contribution is 5.74. The van der Waals surface area contributed by atoms with E-state index in [4.69, 9.17) is 4.74 Å². The molecule has 0 aliphatic heterocycles. The topological polar surface area (TPSA) is 47.6 Å². The van der Waals surface area contributed by atoms with Gasteiger partial charge in [0.1, 0.15) is 6.04 Å². The Bertz CT molecular complexity index is 180. The van der Waals surface area contributed by atoms with Crippen LogP contribution in [0.5, 0.6) is 0 Å². The Balaban J connectivity index is 3.69. The van der Waals surface area contributed by atoms with Crippen LogP contribution in [-0.4, -0.2) is 38.4 Å². The third-order valence-electron chi connectivity index (χ3n) is 2.28. The van der Waals surface area contributed by atoms with Crippen LogP contribution in [0.25, 0.3) is 0 Å². The lowest BCUT2D eigenvalue weighted by atomic mass is 10.1. The van der Waals surface area contributed by atoms with Gasteiger partial charge in [-0.05, 0) is 33.7 Å². The van der Waals surface area contributed by atoms with Gasteiger partial charge >= 0.3 is 5.97 Å². The van der Waals surface area contributed by atoms with Gasteiger partial charge in [-0.3, -0.25) is 4.79 Å². The van der Waals surface area contributed by atoms with Gasteiger partial charge in [0, 0.05) is 7.11 Å². The largest absolute Gasteiger partial charge is 0.468 e. The number of ether oxygens (including phenoxy) is 2. The van der Waals surface area contributed by atoms with Gasteiger partial charge in [0.05, 0.1) is 12.7 Å². The lowest BCUT2D eigenvalue weighted by Gasteiger charge is -2.23. The standard InChI is InChI=1S/C10H21NO3/c1-8(9(12)13-4)11-7-6-10(2,3)14-5/h8,11H,6-7H2,1-5H3. The van der Waals surface area contributed by atoms with Crippen molar-refractivity contribution >= 4 is 5.97 Å². The van der Waals surface area contributed by atoms with Gasteiger partial charge in [-0.2, -0.15) is 0 Å². The first-order valence-corrected chi connectivity index (χ1v) is 4.79. The summed E-state index contributed by atoms with van der Waals surface area (Å²) in [4.78, 5) is 11.0. The lowest BCUT2D eigenvalue weighted by Crippen LogP contribution is -2.38. The predicted molar refractivity (Wildman–Crippen MR) is 55.2 cm³/mol. The fraction of sp³-hybridized carbons (Fsp3) is 0.900. The van der Waals surface area contributed by atoms with Crippen LogP contribution < -0.4 is 5.32 Å². The van der Waals surface area contributed by atoms with E-state index in [1.807, 2.05) is 13.8 Å². The highest BCUT2D eigenvalue weighted by Gasteiger charge is 2.17. The third kappa shape index (κ3) is 5.19. The summed E-state index contributed by atoms with van der Waals surface area (Å²) in [6, 6.07) is -0.257. The highest BCUT2D eigenvalue weighted by atomic mass is 16.5. The van der Waals surface area contributed by atoms with Crippen LogP contribution in [0.4, 0.5) is 0 Å². The van der Waals surface area contributed by atoms with E-state index in [1.165, 1.54) is 7.11 Å². The monoisotopic (exact) mass is 203 g/mol. The van der Waals surface area contributed by atoms with Crippen molar-refractivity contribution in [1.29, 1.82) is 0 Å². The Hall–Kier alpha value is -0.610. The molecule has 0 fully saturated rings. The van der Waals surface area contributed by atoms with E-state index < -0.39 is 0 Å². The third-order valence-corrected chi connectivity index (χ3v) is 2.28.